The molecule has 0 saturated heterocycles. The van der Waals surface area contributed by atoms with E-state index >= 15 is 0 Å². The van der Waals surface area contributed by atoms with Crippen molar-refractivity contribution < 1.29 is 0 Å². The van der Waals surface area contributed by atoms with Crippen molar-refractivity contribution in [1.29, 1.82) is 0 Å². The van der Waals surface area contributed by atoms with E-state index in [0.717, 1.165) is 17.1 Å². The van der Waals surface area contributed by atoms with Crippen LogP contribution in [0, 0.1) is 0 Å². The third kappa shape index (κ3) is 6.34. The number of hydrogen-bond acceptors (Lipinski definition) is 2. The standard InChI is InChI=1S/C69H47NSSi/c1-4-21-48(22-5-1)49-39-42-52(43-40-49)70(63-35-20-24-50-23-10-11-29-56(50)63)64-45-44-55(57-30-12-13-31-58(57)64)51-41-46-68-62(47-51)69(59-32-14-17-36-65(59)71-66-37-18-15-33-60(66)69)61-34-16-19-38-67(61)72(68,53-25-6-2-7-26-53)54-27-8-3-9-28-54/h1-47H. The molecule has 0 saturated carbocycles. The Morgan fingerprint density at radius 3 is 1.51 bits per heavy atom. The van der Waals surface area contributed by atoms with Gasteiger partial charge in [0.2, 0.25) is 0 Å². The molecular weight excluding hydrogens is 903 g/mol. The summed E-state index contributed by atoms with van der Waals surface area (Å²) < 4.78 is 0. The lowest BCUT2D eigenvalue weighted by molar-refractivity contribution is 0.707. The monoisotopic (exact) mass is 949 g/mol. The summed E-state index contributed by atoms with van der Waals surface area (Å²) in [4.78, 5) is 5.07. The normalized spacial score (nSPS) is 13.7. The molecule has 12 aromatic rings. The SMILES string of the molecule is c1ccc(-c2ccc(N(c3cccc4ccccc34)c3ccc(-c4ccc5c(c4)C4(c6ccccc6Sc6ccccc64)c4ccccc4[Si]5(c4ccccc4)c4ccccc4)c4ccccc34)cc2)cc1. The molecular formula is C69H47NSSi. The fourth-order valence-corrected chi connectivity index (χ4v) is 19.0. The summed E-state index contributed by atoms with van der Waals surface area (Å²) in [5.41, 5.74) is 13.0. The quantitative estimate of drug-likeness (QED) is 0.147. The second kappa shape index (κ2) is 17.1. The van der Waals surface area contributed by atoms with Gasteiger partial charge in [0.05, 0.1) is 16.8 Å². The predicted molar refractivity (Wildman–Crippen MR) is 307 cm³/mol. The molecule has 2 aliphatic rings. The van der Waals surface area contributed by atoms with Crippen LogP contribution in [0.25, 0.3) is 43.8 Å². The lowest BCUT2D eigenvalue weighted by Gasteiger charge is -2.51. The Kier molecular flexibility index (Phi) is 10.1. The lowest BCUT2D eigenvalue weighted by atomic mass is 9.64. The first-order valence-electron chi connectivity index (χ1n) is 24.9. The van der Waals surface area contributed by atoms with Crippen LogP contribution in [0.15, 0.2) is 295 Å². The number of nitrogens with zero attached hydrogens (tertiary/aromatic N) is 1. The van der Waals surface area contributed by atoms with Crippen molar-refractivity contribution in [3.63, 3.8) is 0 Å². The third-order valence-corrected chi connectivity index (χ3v) is 21.5. The van der Waals surface area contributed by atoms with Crippen molar-refractivity contribution >= 4 is 79.2 Å². The number of hydrogen-bond donors (Lipinski definition) is 0. The second-order valence-corrected chi connectivity index (χ2v) is 23.9. The Morgan fingerprint density at radius 2 is 0.819 bits per heavy atom. The van der Waals surface area contributed by atoms with Gasteiger partial charge in [0.25, 0.3) is 0 Å². The van der Waals surface area contributed by atoms with Crippen LogP contribution >= 0.6 is 11.8 Å². The highest BCUT2D eigenvalue weighted by atomic mass is 32.2. The Morgan fingerprint density at radius 1 is 0.319 bits per heavy atom. The van der Waals surface area contributed by atoms with E-state index in [9.17, 15) is 0 Å². The summed E-state index contributed by atoms with van der Waals surface area (Å²) in [6, 6.07) is 107. The molecule has 1 nitrogen and oxygen atoms in total. The number of fused-ring (bicyclic) bond motifs is 10. The Hall–Kier alpha value is -8.47. The number of rotatable bonds is 7. The smallest absolute Gasteiger partial charge is 0.180 e. The van der Waals surface area contributed by atoms with E-state index in [2.05, 4.69) is 290 Å². The van der Waals surface area contributed by atoms with E-state index < -0.39 is 13.5 Å². The van der Waals surface area contributed by atoms with Crippen molar-refractivity contribution in [1.82, 2.24) is 0 Å². The molecule has 0 radical (unpaired) electrons. The van der Waals surface area contributed by atoms with Crippen LogP contribution in [-0.4, -0.2) is 8.07 Å². The van der Waals surface area contributed by atoms with Crippen LogP contribution < -0.4 is 25.6 Å². The van der Waals surface area contributed by atoms with E-state index in [1.165, 1.54) is 96.6 Å². The van der Waals surface area contributed by atoms with Gasteiger partial charge in [0, 0.05) is 26.3 Å². The van der Waals surface area contributed by atoms with E-state index in [4.69, 9.17) is 0 Å². The van der Waals surface area contributed by atoms with Gasteiger partial charge < -0.3 is 4.90 Å². The maximum atomic E-state index is 2.61. The highest BCUT2D eigenvalue weighted by molar-refractivity contribution is 7.99. The fourth-order valence-electron chi connectivity index (χ4n) is 12.5. The van der Waals surface area contributed by atoms with Crippen LogP contribution in [-0.2, 0) is 5.41 Å². The van der Waals surface area contributed by atoms with Gasteiger partial charge in [-0.15, -0.1) is 0 Å². The summed E-state index contributed by atoms with van der Waals surface area (Å²) >= 11 is 1.90. The minimum Gasteiger partial charge on any atom is -0.309 e. The third-order valence-electron chi connectivity index (χ3n) is 15.5. The Bertz CT molecular complexity index is 3930. The van der Waals surface area contributed by atoms with Crippen molar-refractivity contribution in [3.05, 3.63) is 307 Å². The largest absolute Gasteiger partial charge is 0.309 e. The van der Waals surface area contributed by atoms with E-state index in [0.29, 0.717) is 0 Å². The highest BCUT2D eigenvalue weighted by Gasteiger charge is 2.57. The lowest BCUT2D eigenvalue weighted by Crippen LogP contribution is -2.79. The molecule has 0 bridgehead atoms. The summed E-state index contributed by atoms with van der Waals surface area (Å²) in [6.45, 7) is 0. The average Bonchev–Trinajstić information content (AvgIpc) is 3.47. The van der Waals surface area contributed by atoms with Crippen LogP contribution in [0.2, 0.25) is 0 Å². The topological polar surface area (TPSA) is 3.24 Å². The van der Waals surface area contributed by atoms with Crippen LogP contribution in [0.3, 0.4) is 0 Å². The zero-order valence-electron chi connectivity index (χ0n) is 39.5. The summed E-state index contributed by atoms with van der Waals surface area (Å²) in [6.07, 6.45) is 0. The first-order chi connectivity index (χ1) is 35.7. The molecule has 338 valence electrons. The van der Waals surface area contributed by atoms with E-state index in [-0.39, 0.29) is 0 Å². The molecule has 2 heterocycles. The zero-order valence-corrected chi connectivity index (χ0v) is 41.3. The average molecular weight is 950 g/mol. The molecule has 0 fully saturated rings. The zero-order chi connectivity index (χ0) is 47.6. The minimum absolute atomic E-state index is 0.590. The van der Waals surface area contributed by atoms with Gasteiger partial charge >= 0.3 is 0 Å². The highest BCUT2D eigenvalue weighted by Crippen LogP contribution is 2.57. The summed E-state index contributed by atoms with van der Waals surface area (Å²) in [7, 11) is -2.97. The van der Waals surface area contributed by atoms with Crippen LogP contribution in [0.5, 0.6) is 0 Å². The van der Waals surface area contributed by atoms with Gasteiger partial charge in [-0.1, -0.05) is 254 Å². The molecule has 1 spiro atoms. The van der Waals surface area contributed by atoms with Crippen molar-refractivity contribution in [2.75, 3.05) is 4.90 Å². The number of benzene rings is 12. The maximum absolute atomic E-state index is 2.97. The molecule has 14 rings (SSSR count). The van der Waals surface area contributed by atoms with Crippen molar-refractivity contribution in [2.45, 2.75) is 15.2 Å². The molecule has 0 aromatic heterocycles. The minimum atomic E-state index is -2.97. The first kappa shape index (κ1) is 42.4. The van der Waals surface area contributed by atoms with Gasteiger partial charge in [-0.05, 0) is 118 Å². The van der Waals surface area contributed by atoms with Crippen molar-refractivity contribution in [3.8, 4) is 22.3 Å². The molecule has 0 atom stereocenters. The van der Waals surface area contributed by atoms with Crippen LogP contribution in [0.1, 0.15) is 22.3 Å². The number of anilines is 3. The summed E-state index contributed by atoms with van der Waals surface area (Å²) in [5.74, 6) is 0. The molecule has 0 N–H and O–H groups in total. The molecule has 3 heteroatoms. The molecule has 0 amide bonds. The Labute approximate surface area is 426 Å². The molecule has 2 aliphatic heterocycles. The first-order valence-corrected chi connectivity index (χ1v) is 27.7. The Balaban J connectivity index is 1.05. The molecule has 72 heavy (non-hydrogen) atoms. The molecule has 0 unspecified atom stereocenters. The van der Waals surface area contributed by atoms with E-state index in [1.807, 2.05) is 11.8 Å². The van der Waals surface area contributed by atoms with E-state index in [1.54, 1.807) is 0 Å². The van der Waals surface area contributed by atoms with Gasteiger partial charge in [-0.2, -0.15) is 0 Å². The second-order valence-electron chi connectivity index (χ2n) is 19.1. The van der Waals surface area contributed by atoms with Crippen LogP contribution in [0.4, 0.5) is 17.1 Å². The fraction of sp³-hybridized carbons (Fsp3) is 0.0145. The molecule has 12 aromatic carbocycles. The maximum Gasteiger partial charge on any atom is 0.180 e. The molecule has 0 aliphatic carbocycles. The van der Waals surface area contributed by atoms with Gasteiger partial charge in [-0.25, -0.2) is 0 Å². The van der Waals surface area contributed by atoms with Gasteiger partial charge in [-0.3, -0.25) is 0 Å². The van der Waals surface area contributed by atoms with Crippen molar-refractivity contribution in [2.24, 2.45) is 0 Å². The van der Waals surface area contributed by atoms with Gasteiger partial charge in [0.15, 0.2) is 8.07 Å². The predicted octanol–water partition coefficient (Wildman–Crippen LogP) is 15.3. The summed E-state index contributed by atoms with van der Waals surface area (Å²) in [5, 5.41) is 10.5. The van der Waals surface area contributed by atoms with Gasteiger partial charge in [0.1, 0.15) is 0 Å².